The Bertz CT molecular complexity index is 662. The van der Waals surface area contributed by atoms with Crippen molar-refractivity contribution in [2.75, 3.05) is 5.32 Å². The molecule has 0 spiro atoms. The second kappa shape index (κ2) is 5.57. The van der Waals surface area contributed by atoms with Crippen LogP contribution in [0.2, 0.25) is 0 Å². The molecule has 20 heavy (non-hydrogen) atoms. The smallest absolute Gasteiger partial charge is 0.0806 e. The fourth-order valence-corrected chi connectivity index (χ4v) is 2.12. The summed E-state index contributed by atoms with van der Waals surface area (Å²) in [6, 6.07) is 12.4. The van der Waals surface area contributed by atoms with Crippen LogP contribution in [0.25, 0.3) is 5.69 Å². The van der Waals surface area contributed by atoms with E-state index < -0.39 is 0 Å². The largest absolute Gasteiger partial charge is 0.377 e. The molecule has 3 aromatic rings. The van der Waals surface area contributed by atoms with Gasteiger partial charge in [0.15, 0.2) is 0 Å². The molecule has 4 heteroatoms. The number of nitrogens with one attached hydrogen (secondary N) is 1. The van der Waals surface area contributed by atoms with Crippen molar-refractivity contribution in [3.8, 4) is 5.69 Å². The molecular weight excluding hydrogens is 248 g/mol. The van der Waals surface area contributed by atoms with Crippen molar-refractivity contribution in [2.24, 2.45) is 0 Å². The summed E-state index contributed by atoms with van der Waals surface area (Å²) in [6.45, 7) is 2.08. The minimum Gasteiger partial charge on any atom is -0.377 e. The monoisotopic (exact) mass is 264 g/mol. The van der Waals surface area contributed by atoms with E-state index in [1.807, 2.05) is 30.6 Å². The lowest BCUT2D eigenvalue weighted by atomic mass is 10.2. The van der Waals surface area contributed by atoms with Crippen LogP contribution >= 0.6 is 0 Å². The molecule has 0 bridgehead atoms. The van der Waals surface area contributed by atoms with Crippen molar-refractivity contribution in [1.29, 1.82) is 0 Å². The highest BCUT2D eigenvalue weighted by Gasteiger charge is 2.07. The lowest BCUT2D eigenvalue weighted by Crippen LogP contribution is -2.08. The molecule has 0 saturated heterocycles. The summed E-state index contributed by atoms with van der Waals surface area (Å²) in [5, 5.41) is 3.44. The van der Waals surface area contributed by atoms with Gasteiger partial charge in [0.1, 0.15) is 0 Å². The van der Waals surface area contributed by atoms with Crippen LogP contribution in [0.3, 0.4) is 0 Å². The minimum atomic E-state index is 0.114. The summed E-state index contributed by atoms with van der Waals surface area (Å²) in [6.07, 6.45) is 9.25. The van der Waals surface area contributed by atoms with Gasteiger partial charge in [0.05, 0.1) is 17.9 Å². The Kier molecular flexibility index (Phi) is 3.46. The molecule has 0 fully saturated rings. The zero-order chi connectivity index (χ0) is 13.8. The van der Waals surface area contributed by atoms with E-state index in [9.17, 15) is 0 Å². The summed E-state index contributed by atoms with van der Waals surface area (Å²) < 4.78 is 2.08. The fraction of sp³-hybridized carbons (Fsp3) is 0.125. The SMILES string of the molecule is CC(Nc1cccc(-n2cccc2)c1)c1cnccn1. The number of aromatic nitrogens is 3. The lowest BCUT2D eigenvalue weighted by molar-refractivity contribution is 0.827. The first-order valence-electron chi connectivity index (χ1n) is 6.59. The van der Waals surface area contributed by atoms with Crippen LogP contribution in [0.4, 0.5) is 5.69 Å². The molecule has 4 nitrogen and oxygen atoms in total. The normalized spacial score (nSPS) is 12.1. The zero-order valence-corrected chi connectivity index (χ0v) is 11.3. The van der Waals surface area contributed by atoms with Crippen LogP contribution in [0, 0.1) is 0 Å². The van der Waals surface area contributed by atoms with Gasteiger partial charge in [-0.05, 0) is 37.3 Å². The molecule has 1 N–H and O–H groups in total. The van der Waals surface area contributed by atoms with Gasteiger partial charge >= 0.3 is 0 Å². The molecule has 2 aromatic heterocycles. The average molecular weight is 264 g/mol. The predicted molar refractivity (Wildman–Crippen MR) is 79.8 cm³/mol. The molecule has 3 rings (SSSR count). The van der Waals surface area contributed by atoms with E-state index in [4.69, 9.17) is 0 Å². The van der Waals surface area contributed by atoms with E-state index in [1.165, 1.54) is 0 Å². The number of hydrogen-bond acceptors (Lipinski definition) is 3. The zero-order valence-electron chi connectivity index (χ0n) is 11.3. The van der Waals surface area contributed by atoms with Gasteiger partial charge in [0, 0.05) is 36.2 Å². The summed E-state index contributed by atoms with van der Waals surface area (Å²) >= 11 is 0. The van der Waals surface area contributed by atoms with Crippen molar-refractivity contribution in [3.05, 3.63) is 73.1 Å². The molecule has 0 saturated carbocycles. The molecule has 1 aromatic carbocycles. The third-order valence-corrected chi connectivity index (χ3v) is 3.16. The van der Waals surface area contributed by atoms with Crippen molar-refractivity contribution >= 4 is 5.69 Å². The molecular formula is C16H16N4. The first-order valence-corrected chi connectivity index (χ1v) is 6.59. The van der Waals surface area contributed by atoms with Gasteiger partial charge in [0.2, 0.25) is 0 Å². The predicted octanol–water partition coefficient (Wildman–Crippen LogP) is 3.44. The Morgan fingerprint density at radius 2 is 1.95 bits per heavy atom. The van der Waals surface area contributed by atoms with Crippen LogP contribution < -0.4 is 5.32 Å². The van der Waals surface area contributed by atoms with Crippen LogP contribution in [0.1, 0.15) is 18.7 Å². The fourth-order valence-electron chi connectivity index (χ4n) is 2.12. The average Bonchev–Trinajstić information content (AvgIpc) is 3.03. The van der Waals surface area contributed by atoms with Crippen LogP contribution in [0.15, 0.2) is 67.4 Å². The first-order chi connectivity index (χ1) is 9.83. The maximum Gasteiger partial charge on any atom is 0.0806 e. The molecule has 0 aliphatic rings. The molecule has 0 amide bonds. The van der Waals surface area contributed by atoms with Crippen LogP contribution in [-0.4, -0.2) is 14.5 Å². The number of rotatable bonds is 4. The quantitative estimate of drug-likeness (QED) is 0.785. The maximum absolute atomic E-state index is 4.32. The Balaban J connectivity index is 1.80. The van der Waals surface area contributed by atoms with E-state index >= 15 is 0 Å². The molecule has 2 heterocycles. The summed E-state index contributed by atoms with van der Waals surface area (Å²) in [4.78, 5) is 8.42. The van der Waals surface area contributed by atoms with E-state index in [1.54, 1.807) is 18.6 Å². The van der Waals surface area contributed by atoms with E-state index in [-0.39, 0.29) is 6.04 Å². The highest BCUT2D eigenvalue weighted by Crippen LogP contribution is 2.19. The third-order valence-electron chi connectivity index (χ3n) is 3.16. The Morgan fingerprint density at radius 3 is 2.70 bits per heavy atom. The molecule has 1 atom stereocenters. The standard InChI is InChI=1S/C16H16N4/c1-13(16-12-17-7-8-18-16)19-14-5-4-6-15(11-14)20-9-2-3-10-20/h2-13,19H,1H3. The number of benzene rings is 1. The number of nitrogens with zero attached hydrogens (tertiary/aromatic N) is 3. The minimum absolute atomic E-state index is 0.114. The third kappa shape index (κ3) is 2.69. The topological polar surface area (TPSA) is 42.7 Å². The van der Waals surface area contributed by atoms with Gasteiger partial charge in [-0.2, -0.15) is 0 Å². The van der Waals surface area contributed by atoms with Crippen molar-refractivity contribution in [3.63, 3.8) is 0 Å². The van der Waals surface area contributed by atoms with Gasteiger partial charge in [0.25, 0.3) is 0 Å². The molecule has 0 aliphatic carbocycles. The van der Waals surface area contributed by atoms with Crippen LogP contribution in [-0.2, 0) is 0 Å². The van der Waals surface area contributed by atoms with Gasteiger partial charge in [-0.15, -0.1) is 0 Å². The first kappa shape index (κ1) is 12.4. The van der Waals surface area contributed by atoms with Gasteiger partial charge in [-0.3, -0.25) is 9.97 Å². The van der Waals surface area contributed by atoms with E-state index in [0.29, 0.717) is 0 Å². The van der Waals surface area contributed by atoms with E-state index in [0.717, 1.165) is 17.1 Å². The second-order valence-electron chi connectivity index (χ2n) is 4.64. The Morgan fingerprint density at radius 1 is 1.10 bits per heavy atom. The highest BCUT2D eigenvalue weighted by atomic mass is 15.0. The highest BCUT2D eigenvalue weighted by molar-refractivity contribution is 5.52. The Hall–Kier alpha value is -2.62. The van der Waals surface area contributed by atoms with Crippen molar-refractivity contribution < 1.29 is 0 Å². The second-order valence-corrected chi connectivity index (χ2v) is 4.64. The molecule has 1 unspecified atom stereocenters. The summed E-state index contributed by atoms with van der Waals surface area (Å²) in [7, 11) is 0. The number of hydrogen-bond donors (Lipinski definition) is 1. The molecule has 0 aliphatic heterocycles. The maximum atomic E-state index is 4.32. The summed E-state index contributed by atoms with van der Waals surface area (Å²) in [5.74, 6) is 0. The molecule has 100 valence electrons. The molecule has 0 radical (unpaired) electrons. The lowest BCUT2D eigenvalue weighted by Gasteiger charge is -2.15. The van der Waals surface area contributed by atoms with Gasteiger partial charge in [-0.1, -0.05) is 6.07 Å². The van der Waals surface area contributed by atoms with Crippen molar-refractivity contribution in [1.82, 2.24) is 14.5 Å². The Labute approximate surface area is 118 Å². The van der Waals surface area contributed by atoms with Crippen molar-refractivity contribution in [2.45, 2.75) is 13.0 Å². The van der Waals surface area contributed by atoms with E-state index in [2.05, 4.69) is 45.0 Å². The van der Waals surface area contributed by atoms with Crippen LogP contribution in [0.5, 0.6) is 0 Å². The number of anilines is 1. The summed E-state index contributed by atoms with van der Waals surface area (Å²) in [5.41, 5.74) is 3.12. The van der Waals surface area contributed by atoms with Gasteiger partial charge in [-0.25, -0.2) is 0 Å². The van der Waals surface area contributed by atoms with Gasteiger partial charge < -0.3 is 9.88 Å².